The highest BCUT2D eigenvalue weighted by atomic mass is 16.2. The van der Waals surface area contributed by atoms with Crippen molar-refractivity contribution in [2.24, 2.45) is 0 Å². The maximum Gasteiger partial charge on any atom is 0.267 e. The number of aromatic nitrogens is 4. The van der Waals surface area contributed by atoms with Crippen molar-refractivity contribution in [3.8, 4) is 11.3 Å². The number of hydrogen-bond acceptors (Lipinski definition) is 5. The van der Waals surface area contributed by atoms with Gasteiger partial charge in [-0.25, -0.2) is 9.88 Å². The summed E-state index contributed by atoms with van der Waals surface area (Å²) in [6, 6.07) is 12.5. The summed E-state index contributed by atoms with van der Waals surface area (Å²) in [5.74, 6) is -0.765. The lowest BCUT2D eigenvalue weighted by molar-refractivity contribution is 0.0926. The fourth-order valence-electron chi connectivity index (χ4n) is 3.23. The smallest absolute Gasteiger partial charge is 0.267 e. The molecule has 0 radical (unpaired) electrons. The molecule has 0 bridgehead atoms. The van der Waals surface area contributed by atoms with Crippen LogP contribution in [0.1, 0.15) is 20.7 Å². The third-order valence-electron chi connectivity index (χ3n) is 4.40. The maximum absolute atomic E-state index is 13.1. The largest absolute Gasteiger partial charge is 0.275 e. The number of rotatable bonds is 2. The van der Waals surface area contributed by atoms with Gasteiger partial charge in [-0.1, -0.05) is 18.2 Å². The highest BCUT2D eigenvalue weighted by molar-refractivity contribution is 6.38. The van der Waals surface area contributed by atoms with Gasteiger partial charge in [0, 0.05) is 24.2 Å². The third kappa shape index (κ3) is 1.91. The van der Waals surface area contributed by atoms with E-state index in [0.717, 1.165) is 5.56 Å². The van der Waals surface area contributed by atoms with Crippen LogP contribution < -0.4 is 4.90 Å². The second kappa shape index (κ2) is 5.32. The fraction of sp³-hybridized carbons (Fsp3) is 0. The van der Waals surface area contributed by atoms with Crippen LogP contribution in [0.5, 0.6) is 0 Å². The monoisotopic (exact) mass is 341 g/mol. The van der Waals surface area contributed by atoms with Gasteiger partial charge in [-0.2, -0.15) is 5.10 Å². The molecular weight excluding hydrogens is 330 g/mol. The molecule has 0 atom stereocenters. The van der Waals surface area contributed by atoms with Crippen LogP contribution >= 0.6 is 0 Å². The molecule has 0 saturated carbocycles. The number of hydrogen-bond donors (Lipinski definition) is 1. The van der Waals surface area contributed by atoms with E-state index in [1.54, 1.807) is 42.7 Å². The van der Waals surface area contributed by atoms with Crippen LogP contribution in [-0.2, 0) is 0 Å². The van der Waals surface area contributed by atoms with Crippen molar-refractivity contribution >= 4 is 28.5 Å². The molecule has 0 saturated heterocycles. The minimum Gasteiger partial charge on any atom is -0.275 e. The number of anilines is 1. The standard InChI is InChI=1S/C19H11N5O2/c25-18-13-10-21-17-15(16(22-23-17)11-5-4-8-20-9-11)14(13)19(26)24(18)12-6-2-1-3-7-12/h1-10H,(H,21,22,23). The summed E-state index contributed by atoms with van der Waals surface area (Å²) in [6.07, 6.45) is 4.74. The normalized spacial score (nSPS) is 13.5. The number of benzene rings is 1. The summed E-state index contributed by atoms with van der Waals surface area (Å²) in [6.45, 7) is 0. The second-order valence-corrected chi connectivity index (χ2v) is 5.87. The van der Waals surface area contributed by atoms with Crippen LogP contribution in [0.25, 0.3) is 22.3 Å². The predicted octanol–water partition coefficient (Wildman–Crippen LogP) is 2.82. The topological polar surface area (TPSA) is 91.8 Å². The molecule has 0 aliphatic carbocycles. The lowest BCUT2D eigenvalue weighted by atomic mass is 10.0. The van der Waals surface area contributed by atoms with Crippen molar-refractivity contribution in [2.75, 3.05) is 4.90 Å². The Hall–Kier alpha value is -3.87. The van der Waals surface area contributed by atoms with Crippen molar-refractivity contribution in [1.29, 1.82) is 0 Å². The number of aromatic amines is 1. The number of amides is 2. The molecule has 1 aliphatic heterocycles. The van der Waals surface area contributed by atoms with Gasteiger partial charge in [0.15, 0.2) is 5.65 Å². The Labute approximate surface area is 147 Å². The molecule has 0 fully saturated rings. The van der Waals surface area contributed by atoms with E-state index in [0.29, 0.717) is 28.0 Å². The summed E-state index contributed by atoms with van der Waals surface area (Å²) in [4.78, 5) is 35.5. The van der Waals surface area contributed by atoms with Gasteiger partial charge < -0.3 is 0 Å². The van der Waals surface area contributed by atoms with E-state index in [1.807, 2.05) is 12.1 Å². The Morgan fingerprint density at radius 2 is 1.77 bits per heavy atom. The lowest BCUT2D eigenvalue weighted by Crippen LogP contribution is -2.29. The van der Waals surface area contributed by atoms with E-state index in [1.165, 1.54) is 11.1 Å². The fourth-order valence-corrected chi connectivity index (χ4v) is 3.23. The Morgan fingerprint density at radius 3 is 2.54 bits per heavy atom. The number of pyridine rings is 2. The van der Waals surface area contributed by atoms with Crippen molar-refractivity contribution in [3.63, 3.8) is 0 Å². The quantitative estimate of drug-likeness (QED) is 0.566. The van der Waals surface area contributed by atoms with Crippen LogP contribution in [0.4, 0.5) is 5.69 Å². The minimum atomic E-state index is -0.385. The van der Waals surface area contributed by atoms with Crippen molar-refractivity contribution in [3.05, 3.63) is 72.2 Å². The van der Waals surface area contributed by atoms with Gasteiger partial charge in [0.2, 0.25) is 0 Å². The van der Waals surface area contributed by atoms with Crippen molar-refractivity contribution in [1.82, 2.24) is 20.2 Å². The van der Waals surface area contributed by atoms with Gasteiger partial charge in [-0.15, -0.1) is 0 Å². The highest BCUT2D eigenvalue weighted by Gasteiger charge is 2.39. The van der Waals surface area contributed by atoms with E-state index in [4.69, 9.17) is 0 Å². The summed E-state index contributed by atoms with van der Waals surface area (Å²) in [5.41, 5.74) is 2.89. The molecule has 5 rings (SSSR count). The van der Waals surface area contributed by atoms with Crippen LogP contribution in [0.2, 0.25) is 0 Å². The first-order valence-corrected chi connectivity index (χ1v) is 7.97. The van der Waals surface area contributed by atoms with Crippen LogP contribution in [0.3, 0.4) is 0 Å². The molecule has 26 heavy (non-hydrogen) atoms. The zero-order chi connectivity index (χ0) is 17.7. The average molecular weight is 341 g/mol. The molecule has 1 N–H and O–H groups in total. The molecule has 1 aromatic carbocycles. The average Bonchev–Trinajstić information content (AvgIpc) is 3.22. The Balaban J connectivity index is 1.77. The molecule has 0 spiro atoms. The molecule has 3 aromatic heterocycles. The molecule has 124 valence electrons. The number of para-hydroxylation sites is 1. The zero-order valence-corrected chi connectivity index (χ0v) is 13.4. The lowest BCUT2D eigenvalue weighted by Gasteiger charge is -2.13. The maximum atomic E-state index is 13.1. The van der Waals surface area contributed by atoms with E-state index >= 15 is 0 Å². The summed E-state index contributed by atoms with van der Waals surface area (Å²) in [5, 5.41) is 7.63. The van der Waals surface area contributed by atoms with Gasteiger partial charge in [0.05, 0.1) is 27.9 Å². The van der Waals surface area contributed by atoms with Gasteiger partial charge in [0.1, 0.15) is 0 Å². The van der Waals surface area contributed by atoms with Crippen molar-refractivity contribution < 1.29 is 9.59 Å². The molecule has 7 heteroatoms. The number of fused-ring (bicyclic) bond motifs is 3. The first kappa shape index (κ1) is 14.5. The molecule has 0 unspecified atom stereocenters. The number of carbonyl (C=O) groups is 2. The number of nitrogens with zero attached hydrogens (tertiary/aromatic N) is 4. The van der Waals surface area contributed by atoms with E-state index in [9.17, 15) is 9.59 Å². The Kier molecular flexibility index (Phi) is 2.96. The van der Waals surface area contributed by atoms with Gasteiger partial charge >= 0.3 is 0 Å². The summed E-state index contributed by atoms with van der Waals surface area (Å²) < 4.78 is 0. The third-order valence-corrected chi connectivity index (χ3v) is 4.40. The molecule has 4 heterocycles. The molecule has 4 aromatic rings. The summed E-state index contributed by atoms with van der Waals surface area (Å²) >= 11 is 0. The SMILES string of the molecule is O=C1c2cnc3n[nH]c(-c4cccnc4)c3c2C(=O)N1c1ccccc1. The van der Waals surface area contributed by atoms with E-state index < -0.39 is 0 Å². The predicted molar refractivity (Wildman–Crippen MR) is 94.7 cm³/mol. The van der Waals surface area contributed by atoms with Crippen LogP contribution in [-0.4, -0.2) is 32.0 Å². The van der Waals surface area contributed by atoms with Gasteiger partial charge in [-0.05, 0) is 24.3 Å². The molecule has 1 aliphatic rings. The van der Waals surface area contributed by atoms with Gasteiger partial charge in [0.25, 0.3) is 11.8 Å². The van der Waals surface area contributed by atoms with Crippen LogP contribution in [0.15, 0.2) is 61.1 Å². The van der Waals surface area contributed by atoms with Gasteiger partial charge in [-0.3, -0.25) is 19.7 Å². The van der Waals surface area contributed by atoms with E-state index in [-0.39, 0.29) is 17.4 Å². The number of nitrogens with one attached hydrogen (secondary N) is 1. The number of carbonyl (C=O) groups excluding carboxylic acids is 2. The zero-order valence-electron chi connectivity index (χ0n) is 13.4. The van der Waals surface area contributed by atoms with E-state index in [2.05, 4.69) is 20.2 Å². The molecular formula is C19H11N5O2. The molecule has 7 nitrogen and oxygen atoms in total. The minimum absolute atomic E-state index is 0.276. The summed E-state index contributed by atoms with van der Waals surface area (Å²) in [7, 11) is 0. The first-order valence-electron chi connectivity index (χ1n) is 7.97. The second-order valence-electron chi connectivity index (χ2n) is 5.87. The van der Waals surface area contributed by atoms with Crippen molar-refractivity contribution in [2.45, 2.75) is 0 Å². The Morgan fingerprint density at radius 1 is 0.923 bits per heavy atom. The first-order chi connectivity index (χ1) is 12.8. The Bertz CT molecular complexity index is 1170. The van der Waals surface area contributed by atoms with Crippen LogP contribution in [0, 0.1) is 0 Å². The molecule has 2 amide bonds. The number of imide groups is 1. The number of H-pyrrole nitrogens is 1. The highest BCUT2D eigenvalue weighted by Crippen LogP contribution is 2.35.